The van der Waals surface area contributed by atoms with E-state index in [-0.39, 0.29) is 5.91 Å². The van der Waals surface area contributed by atoms with Gasteiger partial charge in [-0.15, -0.1) is 0 Å². The number of amides is 1. The molecule has 1 atom stereocenters. The van der Waals surface area contributed by atoms with Crippen molar-refractivity contribution in [2.75, 3.05) is 19.7 Å². The molecule has 1 unspecified atom stereocenters. The number of hydrogen-bond acceptors (Lipinski definition) is 3. The van der Waals surface area contributed by atoms with E-state index in [0.29, 0.717) is 18.7 Å². The summed E-state index contributed by atoms with van der Waals surface area (Å²) in [5.41, 5.74) is 0. The first kappa shape index (κ1) is 12.5. The first-order chi connectivity index (χ1) is 7.18. The molecule has 0 bridgehead atoms. The van der Waals surface area contributed by atoms with Crippen molar-refractivity contribution < 1.29 is 9.53 Å². The molecule has 0 saturated carbocycles. The molecule has 1 rings (SSSR count). The summed E-state index contributed by atoms with van der Waals surface area (Å²) < 4.78 is 5.47. The molecule has 88 valence electrons. The van der Waals surface area contributed by atoms with Crippen LogP contribution in [0.3, 0.4) is 0 Å². The fraction of sp³-hybridized carbons (Fsp3) is 0.909. The van der Waals surface area contributed by atoms with Crippen LogP contribution in [0.15, 0.2) is 0 Å². The monoisotopic (exact) mass is 214 g/mol. The molecule has 1 saturated heterocycles. The van der Waals surface area contributed by atoms with Crippen LogP contribution >= 0.6 is 0 Å². The largest absolute Gasteiger partial charge is 0.378 e. The Morgan fingerprint density at radius 3 is 2.93 bits per heavy atom. The molecule has 1 fully saturated rings. The van der Waals surface area contributed by atoms with Gasteiger partial charge in [0.2, 0.25) is 5.91 Å². The average Bonchev–Trinajstić information content (AvgIpc) is 2.67. The lowest BCUT2D eigenvalue weighted by atomic mass is 10.2. The first-order valence-corrected chi connectivity index (χ1v) is 5.80. The fourth-order valence-electron chi connectivity index (χ4n) is 1.60. The van der Waals surface area contributed by atoms with Gasteiger partial charge in [0.05, 0.1) is 12.6 Å². The predicted octanol–water partition coefficient (Wildman–Crippen LogP) is 0.670. The normalized spacial score (nSPS) is 20.9. The van der Waals surface area contributed by atoms with Crippen LogP contribution < -0.4 is 10.6 Å². The van der Waals surface area contributed by atoms with Gasteiger partial charge in [0.25, 0.3) is 0 Å². The Labute approximate surface area is 91.8 Å². The van der Waals surface area contributed by atoms with Crippen LogP contribution in [0.25, 0.3) is 0 Å². The summed E-state index contributed by atoms with van der Waals surface area (Å²) in [4.78, 5) is 11.3. The molecule has 1 amide bonds. The minimum atomic E-state index is 0.0710. The van der Waals surface area contributed by atoms with Gasteiger partial charge in [0.1, 0.15) is 0 Å². The number of rotatable bonds is 6. The molecule has 1 aliphatic heterocycles. The van der Waals surface area contributed by atoms with Crippen molar-refractivity contribution in [2.24, 2.45) is 0 Å². The second-order valence-electron chi connectivity index (χ2n) is 4.31. The second-order valence-corrected chi connectivity index (χ2v) is 4.31. The lowest BCUT2D eigenvalue weighted by molar-refractivity contribution is -0.120. The maximum absolute atomic E-state index is 11.3. The summed E-state index contributed by atoms with van der Waals surface area (Å²) in [6, 6.07) is 0.355. The summed E-state index contributed by atoms with van der Waals surface area (Å²) >= 11 is 0. The van der Waals surface area contributed by atoms with Gasteiger partial charge >= 0.3 is 0 Å². The summed E-state index contributed by atoms with van der Waals surface area (Å²) in [5, 5.41) is 5.96. The Bertz CT molecular complexity index is 189. The number of carbonyl (C=O) groups excluding carboxylic acids is 1. The smallest absolute Gasteiger partial charge is 0.233 e. The first-order valence-electron chi connectivity index (χ1n) is 5.80. The van der Waals surface area contributed by atoms with E-state index in [9.17, 15) is 4.79 Å². The van der Waals surface area contributed by atoms with Crippen LogP contribution in [0.2, 0.25) is 0 Å². The maximum Gasteiger partial charge on any atom is 0.233 e. The molecule has 15 heavy (non-hydrogen) atoms. The molecule has 4 heteroatoms. The third-order valence-corrected chi connectivity index (χ3v) is 2.48. The van der Waals surface area contributed by atoms with Gasteiger partial charge in [-0.3, -0.25) is 4.79 Å². The second kappa shape index (κ2) is 6.80. The van der Waals surface area contributed by atoms with E-state index in [4.69, 9.17) is 4.74 Å². The van der Waals surface area contributed by atoms with Crippen LogP contribution in [-0.2, 0) is 9.53 Å². The van der Waals surface area contributed by atoms with Crippen molar-refractivity contribution in [2.45, 2.75) is 45.3 Å². The highest BCUT2D eigenvalue weighted by molar-refractivity contribution is 5.77. The van der Waals surface area contributed by atoms with Gasteiger partial charge in [-0.2, -0.15) is 0 Å². The van der Waals surface area contributed by atoms with Crippen molar-refractivity contribution >= 4 is 5.91 Å². The zero-order valence-electron chi connectivity index (χ0n) is 9.71. The highest BCUT2D eigenvalue weighted by atomic mass is 16.5. The van der Waals surface area contributed by atoms with E-state index >= 15 is 0 Å². The predicted molar refractivity (Wildman–Crippen MR) is 59.7 cm³/mol. The molecule has 1 aliphatic rings. The molecule has 1 heterocycles. The van der Waals surface area contributed by atoms with E-state index in [2.05, 4.69) is 10.6 Å². The van der Waals surface area contributed by atoms with E-state index in [1.54, 1.807) is 0 Å². The Hall–Kier alpha value is -0.610. The molecule has 2 N–H and O–H groups in total. The zero-order chi connectivity index (χ0) is 11.1. The third-order valence-electron chi connectivity index (χ3n) is 2.48. The highest BCUT2D eigenvalue weighted by Gasteiger charge is 2.14. The summed E-state index contributed by atoms with van der Waals surface area (Å²) in [5.74, 6) is 0.0710. The van der Waals surface area contributed by atoms with Gasteiger partial charge in [-0.05, 0) is 19.3 Å². The van der Waals surface area contributed by atoms with Gasteiger partial charge in [-0.25, -0.2) is 0 Å². The molecule has 0 aliphatic carbocycles. The molecular formula is C11H22N2O2. The Morgan fingerprint density at radius 2 is 2.33 bits per heavy atom. The van der Waals surface area contributed by atoms with Gasteiger partial charge in [0.15, 0.2) is 0 Å². The molecule has 0 aromatic heterocycles. The SMILES string of the molecule is CC(C)NCC(=O)NCCC1CCCO1. The van der Waals surface area contributed by atoms with Crippen LogP contribution in [0, 0.1) is 0 Å². The Balaban J connectivity index is 1.96. The molecule has 0 spiro atoms. The van der Waals surface area contributed by atoms with Crippen molar-refractivity contribution in [3.8, 4) is 0 Å². The summed E-state index contributed by atoms with van der Waals surface area (Å²) in [6.07, 6.45) is 3.60. The minimum absolute atomic E-state index is 0.0710. The molecule has 0 aromatic rings. The van der Waals surface area contributed by atoms with E-state index in [1.807, 2.05) is 13.8 Å². The molecular weight excluding hydrogens is 192 g/mol. The van der Waals surface area contributed by atoms with Crippen molar-refractivity contribution in [3.05, 3.63) is 0 Å². The highest BCUT2D eigenvalue weighted by Crippen LogP contribution is 2.14. The van der Waals surface area contributed by atoms with Crippen molar-refractivity contribution in [3.63, 3.8) is 0 Å². The summed E-state index contributed by atoms with van der Waals surface area (Å²) in [7, 11) is 0. The molecule has 0 radical (unpaired) electrons. The van der Waals surface area contributed by atoms with E-state index < -0.39 is 0 Å². The van der Waals surface area contributed by atoms with Crippen LogP contribution in [-0.4, -0.2) is 37.7 Å². The topological polar surface area (TPSA) is 50.4 Å². The lowest BCUT2D eigenvalue weighted by Gasteiger charge is -2.11. The van der Waals surface area contributed by atoms with Crippen molar-refractivity contribution in [1.29, 1.82) is 0 Å². The van der Waals surface area contributed by atoms with Crippen molar-refractivity contribution in [1.82, 2.24) is 10.6 Å². The van der Waals surface area contributed by atoms with E-state index in [1.165, 1.54) is 0 Å². The van der Waals surface area contributed by atoms with Crippen LogP contribution in [0.5, 0.6) is 0 Å². The lowest BCUT2D eigenvalue weighted by Crippen LogP contribution is -2.37. The third kappa shape index (κ3) is 5.74. The number of hydrogen-bond donors (Lipinski definition) is 2. The molecule has 0 aromatic carbocycles. The average molecular weight is 214 g/mol. The van der Waals surface area contributed by atoms with E-state index in [0.717, 1.165) is 32.4 Å². The summed E-state index contributed by atoms with van der Waals surface area (Å²) in [6.45, 7) is 6.07. The quantitative estimate of drug-likeness (QED) is 0.683. The fourth-order valence-corrected chi connectivity index (χ4v) is 1.60. The van der Waals surface area contributed by atoms with Crippen LogP contribution in [0.4, 0.5) is 0 Å². The number of ether oxygens (including phenoxy) is 1. The Kier molecular flexibility index (Phi) is 5.65. The van der Waals surface area contributed by atoms with Gasteiger partial charge in [-0.1, -0.05) is 13.8 Å². The molecule has 4 nitrogen and oxygen atoms in total. The number of carbonyl (C=O) groups is 1. The maximum atomic E-state index is 11.3. The zero-order valence-corrected chi connectivity index (χ0v) is 9.71. The number of nitrogens with one attached hydrogen (secondary N) is 2. The standard InChI is InChI=1S/C11H22N2O2/c1-9(2)13-8-11(14)12-6-5-10-4-3-7-15-10/h9-10,13H,3-8H2,1-2H3,(H,12,14). The van der Waals surface area contributed by atoms with Gasteiger partial charge in [0, 0.05) is 19.2 Å². The minimum Gasteiger partial charge on any atom is -0.378 e. The van der Waals surface area contributed by atoms with Gasteiger partial charge < -0.3 is 15.4 Å². The Morgan fingerprint density at radius 1 is 1.53 bits per heavy atom. The van der Waals surface area contributed by atoms with Crippen LogP contribution in [0.1, 0.15) is 33.1 Å².